The molecule has 21 heavy (non-hydrogen) atoms. The minimum Gasteiger partial charge on any atom is -0.383 e. The molecule has 1 aliphatic heterocycles. The van der Waals surface area contributed by atoms with E-state index in [4.69, 9.17) is 11.5 Å². The van der Waals surface area contributed by atoms with Gasteiger partial charge in [-0.2, -0.15) is 5.10 Å². The molecule has 1 amide bonds. The van der Waals surface area contributed by atoms with E-state index in [9.17, 15) is 4.79 Å². The van der Waals surface area contributed by atoms with Crippen molar-refractivity contribution in [3.05, 3.63) is 19.0 Å². The van der Waals surface area contributed by atoms with E-state index in [1.54, 1.807) is 9.58 Å². The molecular formula is C13H17N7O. The highest BCUT2D eigenvalue weighted by Gasteiger charge is 2.26. The van der Waals surface area contributed by atoms with Crippen molar-refractivity contribution in [1.82, 2.24) is 24.6 Å². The molecule has 0 saturated carbocycles. The second-order valence-corrected chi connectivity index (χ2v) is 5.07. The van der Waals surface area contributed by atoms with Crippen LogP contribution in [0.3, 0.4) is 0 Å². The fourth-order valence-corrected chi connectivity index (χ4v) is 2.76. The highest BCUT2D eigenvalue weighted by Crippen LogP contribution is 2.29. The summed E-state index contributed by atoms with van der Waals surface area (Å²) in [5.74, 6) is 0.562. The molecule has 4 N–H and O–H groups in total. The van der Waals surface area contributed by atoms with Crippen LogP contribution in [0.15, 0.2) is 19.0 Å². The number of hydrogen-bond donors (Lipinski definition) is 2. The average Bonchev–Trinajstić information content (AvgIpc) is 2.85. The van der Waals surface area contributed by atoms with Crippen molar-refractivity contribution < 1.29 is 4.79 Å². The lowest BCUT2D eigenvalue weighted by molar-refractivity contribution is -0.127. The number of carbonyl (C=O) groups excluding carboxylic acids is 1. The van der Waals surface area contributed by atoms with Crippen molar-refractivity contribution in [2.45, 2.75) is 18.9 Å². The standard InChI is InChI=1S/C13H17N7O/c1-2-9(21)19-5-3-4-8(6-19)20-13-10(12(15)18-20)11(14)16-7-17-13/h2,7-8H,1,3-6H2,(H2,15,18)(H2,14,16,17)/t8-/m1/s1. The Labute approximate surface area is 121 Å². The summed E-state index contributed by atoms with van der Waals surface area (Å²) in [4.78, 5) is 21.7. The number of rotatable bonds is 2. The Bertz CT molecular complexity index is 708. The van der Waals surface area contributed by atoms with Gasteiger partial charge in [0.25, 0.3) is 0 Å². The van der Waals surface area contributed by atoms with E-state index in [1.807, 2.05) is 0 Å². The van der Waals surface area contributed by atoms with Crippen molar-refractivity contribution in [2.75, 3.05) is 24.6 Å². The minimum atomic E-state index is -0.0710. The van der Waals surface area contributed by atoms with Gasteiger partial charge in [0, 0.05) is 13.1 Å². The molecule has 8 nitrogen and oxygen atoms in total. The summed E-state index contributed by atoms with van der Waals surface area (Å²) in [7, 11) is 0. The van der Waals surface area contributed by atoms with Crippen molar-refractivity contribution in [2.24, 2.45) is 0 Å². The summed E-state index contributed by atoms with van der Waals surface area (Å²) in [6, 6.07) is 0.0248. The number of nitrogen functional groups attached to an aromatic ring is 2. The fourth-order valence-electron chi connectivity index (χ4n) is 2.76. The number of nitrogens with two attached hydrogens (primary N) is 2. The number of piperidine rings is 1. The number of fused-ring (bicyclic) bond motifs is 1. The molecule has 0 aliphatic carbocycles. The summed E-state index contributed by atoms with van der Waals surface area (Å²) >= 11 is 0. The molecular weight excluding hydrogens is 270 g/mol. The first-order chi connectivity index (χ1) is 10.1. The Balaban J connectivity index is 1.99. The van der Waals surface area contributed by atoms with Gasteiger partial charge in [-0.3, -0.25) is 4.79 Å². The van der Waals surface area contributed by atoms with Gasteiger partial charge in [0.05, 0.1) is 6.04 Å². The molecule has 1 aliphatic rings. The van der Waals surface area contributed by atoms with E-state index < -0.39 is 0 Å². The summed E-state index contributed by atoms with van der Waals surface area (Å²) in [5.41, 5.74) is 12.4. The van der Waals surface area contributed by atoms with Gasteiger partial charge in [-0.05, 0) is 18.9 Å². The molecule has 1 atom stereocenters. The predicted molar refractivity (Wildman–Crippen MR) is 79.2 cm³/mol. The van der Waals surface area contributed by atoms with Crippen molar-refractivity contribution in [3.8, 4) is 0 Å². The zero-order valence-electron chi connectivity index (χ0n) is 11.6. The molecule has 3 rings (SSSR count). The third-order valence-corrected chi connectivity index (χ3v) is 3.77. The Hall–Kier alpha value is -2.64. The van der Waals surface area contributed by atoms with Gasteiger partial charge < -0.3 is 16.4 Å². The van der Waals surface area contributed by atoms with E-state index in [-0.39, 0.29) is 11.9 Å². The first kappa shape index (κ1) is 13.3. The molecule has 110 valence electrons. The van der Waals surface area contributed by atoms with Crippen LogP contribution in [0.2, 0.25) is 0 Å². The Morgan fingerprint density at radius 1 is 1.38 bits per heavy atom. The number of anilines is 2. The van der Waals surface area contributed by atoms with Gasteiger partial charge in [-0.15, -0.1) is 0 Å². The zero-order valence-corrected chi connectivity index (χ0v) is 11.6. The molecule has 2 aromatic rings. The second-order valence-electron chi connectivity index (χ2n) is 5.07. The van der Waals surface area contributed by atoms with Crippen molar-refractivity contribution >= 4 is 28.6 Å². The quantitative estimate of drug-likeness (QED) is 0.769. The van der Waals surface area contributed by atoms with Crippen molar-refractivity contribution in [3.63, 3.8) is 0 Å². The van der Waals surface area contributed by atoms with Crippen LogP contribution in [0.5, 0.6) is 0 Å². The van der Waals surface area contributed by atoms with Crippen molar-refractivity contribution in [1.29, 1.82) is 0 Å². The number of hydrogen-bond acceptors (Lipinski definition) is 6. The number of carbonyl (C=O) groups is 1. The molecule has 0 bridgehead atoms. The highest BCUT2D eigenvalue weighted by atomic mass is 16.2. The Kier molecular flexibility index (Phi) is 3.20. The third kappa shape index (κ3) is 2.18. The highest BCUT2D eigenvalue weighted by molar-refractivity contribution is 5.94. The second kappa shape index (κ2) is 5.04. The SMILES string of the molecule is C=CC(=O)N1CCC[C@@H](n2nc(N)c3c(N)ncnc32)C1. The molecule has 8 heteroatoms. The molecule has 0 radical (unpaired) electrons. The lowest BCUT2D eigenvalue weighted by Crippen LogP contribution is -2.40. The van der Waals surface area contributed by atoms with Gasteiger partial charge in [0.2, 0.25) is 5.91 Å². The molecule has 3 heterocycles. The summed E-state index contributed by atoms with van der Waals surface area (Å²) in [5, 5.41) is 4.92. The zero-order chi connectivity index (χ0) is 15.0. The van der Waals surface area contributed by atoms with Gasteiger partial charge in [0.1, 0.15) is 17.5 Å². The Morgan fingerprint density at radius 2 is 2.19 bits per heavy atom. The molecule has 1 saturated heterocycles. The van der Waals surface area contributed by atoms with Crippen LogP contribution in [0.1, 0.15) is 18.9 Å². The molecule has 0 unspecified atom stereocenters. The van der Waals surface area contributed by atoms with Crippen LogP contribution >= 0.6 is 0 Å². The van der Waals surface area contributed by atoms with Crippen LogP contribution in [-0.4, -0.2) is 43.6 Å². The van der Waals surface area contributed by atoms with Crippen LogP contribution in [0, 0.1) is 0 Å². The smallest absolute Gasteiger partial charge is 0.246 e. The molecule has 0 aromatic carbocycles. The van der Waals surface area contributed by atoms with Crippen LogP contribution in [0.4, 0.5) is 11.6 Å². The van der Waals surface area contributed by atoms with E-state index >= 15 is 0 Å². The molecule has 2 aromatic heterocycles. The number of aromatic nitrogens is 4. The van der Waals surface area contributed by atoms with E-state index in [0.29, 0.717) is 29.2 Å². The number of nitrogens with zero attached hydrogens (tertiary/aromatic N) is 5. The maximum atomic E-state index is 11.8. The van der Waals surface area contributed by atoms with Gasteiger partial charge in [0.15, 0.2) is 11.5 Å². The fraction of sp³-hybridized carbons (Fsp3) is 0.385. The normalized spacial score (nSPS) is 18.9. The lowest BCUT2D eigenvalue weighted by Gasteiger charge is -2.32. The maximum absolute atomic E-state index is 11.8. The topological polar surface area (TPSA) is 116 Å². The van der Waals surface area contributed by atoms with Crippen LogP contribution in [-0.2, 0) is 4.79 Å². The van der Waals surface area contributed by atoms with Gasteiger partial charge in [-0.25, -0.2) is 14.6 Å². The summed E-state index contributed by atoms with van der Waals surface area (Å²) in [6.07, 6.45) is 4.52. The molecule has 0 spiro atoms. The van der Waals surface area contributed by atoms with E-state index in [0.717, 1.165) is 19.4 Å². The Morgan fingerprint density at radius 3 is 2.95 bits per heavy atom. The van der Waals surface area contributed by atoms with Gasteiger partial charge in [-0.1, -0.05) is 6.58 Å². The first-order valence-corrected chi connectivity index (χ1v) is 6.77. The van der Waals surface area contributed by atoms with Crippen LogP contribution in [0.25, 0.3) is 11.0 Å². The summed E-state index contributed by atoms with van der Waals surface area (Å²) in [6.45, 7) is 4.82. The predicted octanol–water partition coefficient (Wildman–Crippen LogP) is 0.340. The van der Waals surface area contributed by atoms with E-state index in [1.165, 1.54) is 12.4 Å². The third-order valence-electron chi connectivity index (χ3n) is 3.77. The summed E-state index contributed by atoms with van der Waals surface area (Å²) < 4.78 is 1.76. The lowest BCUT2D eigenvalue weighted by atomic mass is 10.1. The largest absolute Gasteiger partial charge is 0.383 e. The first-order valence-electron chi connectivity index (χ1n) is 6.77. The average molecular weight is 287 g/mol. The maximum Gasteiger partial charge on any atom is 0.246 e. The minimum absolute atomic E-state index is 0.0248. The van der Waals surface area contributed by atoms with Crippen LogP contribution < -0.4 is 11.5 Å². The number of amides is 1. The number of likely N-dealkylation sites (tertiary alicyclic amines) is 1. The van der Waals surface area contributed by atoms with Gasteiger partial charge >= 0.3 is 0 Å². The molecule has 1 fully saturated rings. The monoisotopic (exact) mass is 287 g/mol. The van der Waals surface area contributed by atoms with E-state index in [2.05, 4.69) is 21.6 Å².